The van der Waals surface area contributed by atoms with Crippen molar-refractivity contribution in [3.05, 3.63) is 0 Å². The van der Waals surface area contributed by atoms with Crippen LogP contribution in [0.1, 0.15) is 13.8 Å². The standard InChI is InChI=1S/C9H18N2O3/c1-7(2)9(13)11-6-8(12)10-4-5-14-3/h7H,4-6H2,1-3H3,(H,10,12)(H,11,13). The third-order valence-corrected chi connectivity index (χ3v) is 1.58. The van der Waals surface area contributed by atoms with E-state index in [1.165, 1.54) is 0 Å². The maximum absolute atomic E-state index is 11.1. The van der Waals surface area contributed by atoms with Gasteiger partial charge in [-0.05, 0) is 0 Å². The number of carbonyl (C=O) groups excluding carboxylic acids is 2. The molecule has 0 spiro atoms. The van der Waals surface area contributed by atoms with Crippen LogP contribution in [0.2, 0.25) is 0 Å². The van der Waals surface area contributed by atoms with Crippen LogP contribution in [0.4, 0.5) is 0 Å². The average Bonchev–Trinajstić information content (AvgIpc) is 2.14. The molecule has 0 saturated carbocycles. The number of hydrogen-bond donors (Lipinski definition) is 2. The van der Waals surface area contributed by atoms with Crippen molar-refractivity contribution >= 4 is 11.8 Å². The van der Waals surface area contributed by atoms with Crippen LogP contribution in [-0.4, -0.2) is 38.6 Å². The van der Waals surface area contributed by atoms with E-state index in [0.29, 0.717) is 13.2 Å². The fourth-order valence-corrected chi connectivity index (χ4v) is 0.727. The van der Waals surface area contributed by atoms with Crippen molar-refractivity contribution in [2.24, 2.45) is 5.92 Å². The predicted molar refractivity (Wildman–Crippen MR) is 52.7 cm³/mol. The first-order valence-corrected chi connectivity index (χ1v) is 4.61. The lowest BCUT2D eigenvalue weighted by atomic mass is 10.2. The molecule has 0 aromatic rings. The lowest BCUT2D eigenvalue weighted by Crippen LogP contribution is -2.39. The van der Waals surface area contributed by atoms with Gasteiger partial charge in [-0.3, -0.25) is 9.59 Å². The van der Waals surface area contributed by atoms with Crippen LogP contribution in [0.25, 0.3) is 0 Å². The molecule has 0 aliphatic heterocycles. The first kappa shape index (κ1) is 12.9. The molecule has 0 saturated heterocycles. The first-order valence-electron chi connectivity index (χ1n) is 4.61. The molecule has 0 unspecified atom stereocenters. The second-order valence-electron chi connectivity index (χ2n) is 3.22. The number of amides is 2. The normalized spacial score (nSPS) is 10.0. The summed E-state index contributed by atoms with van der Waals surface area (Å²) < 4.78 is 4.75. The zero-order valence-corrected chi connectivity index (χ0v) is 8.92. The van der Waals surface area contributed by atoms with E-state index in [1.54, 1.807) is 21.0 Å². The van der Waals surface area contributed by atoms with Gasteiger partial charge in [0.1, 0.15) is 0 Å². The summed E-state index contributed by atoms with van der Waals surface area (Å²) in [4.78, 5) is 22.1. The fraction of sp³-hybridized carbons (Fsp3) is 0.778. The molecular formula is C9H18N2O3. The Hall–Kier alpha value is -1.10. The topological polar surface area (TPSA) is 67.4 Å². The lowest BCUT2D eigenvalue weighted by molar-refractivity contribution is -0.127. The molecule has 82 valence electrons. The molecule has 2 N–H and O–H groups in total. The van der Waals surface area contributed by atoms with E-state index in [1.807, 2.05) is 0 Å². The molecule has 0 rings (SSSR count). The first-order chi connectivity index (χ1) is 6.57. The molecule has 0 atom stereocenters. The van der Waals surface area contributed by atoms with E-state index in [0.717, 1.165) is 0 Å². The number of ether oxygens (including phenoxy) is 1. The van der Waals surface area contributed by atoms with Gasteiger partial charge in [0, 0.05) is 19.6 Å². The van der Waals surface area contributed by atoms with Gasteiger partial charge in [-0.2, -0.15) is 0 Å². The monoisotopic (exact) mass is 202 g/mol. The largest absolute Gasteiger partial charge is 0.383 e. The number of nitrogens with one attached hydrogen (secondary N) is 2. The summed E-state index contributed by atoms with van der Waals surface area (Å²) >= 11 is 0. The predicted octanol–water partition coefficient (Wildman–Crippen LogP) is -0.479. The van der Waals surface area contributed by atoms with E-state index in [2.05, 4.69) is 10.6 Å². The number of hydrogen-bond acceptors (Lipinski definition) is 3. The van der Waals surface area contributed by atoms with Gasteiger partial charge in [-0.25, -0.2) is 0 Å². The summed E-state index contributed by atoms with van der Waals surface area (Å²) in [6, 6.07) is 0. The maximum atomic E-state index is 11.1. The van der Waals surface area contributed by atoms with Crippen molar-refractivity contribution < 1.29 is 14.3 Å². The summed E-state index contributed by atoms with van der Waals surface area (Å²) in [5, 5.41) is 5.12. The quantitative estimate of drug-likeness (QED) is 0.572. The Morgan fingerprint density at radius 2 is 1.93 bits per heavy atom. The van der Waals surface area contributed by atoms with Gasteiger partial charge in [0.25, 0.3) is 0 Å². The zero-order valence-electron chi connectivity index (χ0n) is 8.92. The van der Waals surface area contributed by atoms with E-state index in [4.69, 9.17) is 4.74 Å². The van der Waals surface area contributed by atoms with Crippen molar-refractivity contribution in [3.63, 3.8) is 0 Å². The Morgan fingerprint density at radius 3 is 2.43 bits per heavy atom. The average molecular weight is 202 g/mol. The van der Waals surface area contributed by atoms with Crippen LogP contribution in [-0.2, 0) is 14.3 Å². The highest BCUT2D eigenvalue weighted by Gasteiger charge is 2.07. The van der Waals surface area contributed by atoms with Gasteiger partial charge in [0.15, 0.2) is 0 Å². The summed E-state index contributed by atoms with van der Waals surface area (Å²) in [6.07, 6.45) is 0. The molecule has 0 bridgehead atoms. The van der Waals surface area contributed by atoms with Crippen LogP contribution in [0.5, 0.6) is 0 Å². The molecule has 2 amide bonds. The van der Waals surface area contributed by atoms with Crippen molar-refractivity contribution in [1.82, 2.24) is 10.6 Å². The summed E-state index contributed by atoms with van der Waals surface area (Å²) in [7, 11) is 1.56. The molecule has 5 nitrogen and oxygen atoms in total. The highest BCUT2D eigenvalue weighted by Crippen LogP contribution is 1.89. The molecular weight excluding hydrogens is 184 g/mol. The molecule has 0 heterocycles. The van der Waals surface area contributed by atoms with Gasteiger partial charge in [0.2, 0.25) is 11.8 Å². The van der Waals surface area contributed by atoms with Crippen LogP contribution in [0.15, 0.2) is 0 Å². The summed E-state index contributed by atoms with van der Waals surface area (Å²) in [5.74, 6) is -0.412. The molecule has 5 heteroatoms. The third-order valence-electron chi connectivity index (χ3n) is 1.58. The van der Waals surface area contributed by atoms with Gasteiger partial charge < -0.3 is 15.4 Å². The molecule has 14 heavy (non-hydrogen) atoms. The van der Waals surface area contributed by atoms with Gasteiger partial charge in [-0.15, -0.1) is 0 Å². The van der Waals surface area contributed by atoms with E-state index >= 15 is 0 Å². The SMILES string of the molecule is COCCNC(=O)CNC(=O)C(C)C. The van der Waals surface area contributed by atoms with Crippen molar-refractivity contribution in [3.8, 4) is 0 Å². The molecule has 0 aliphatic carbocycles. The fourth-order valence-electron chi connectivity index (χ4n) is 0.727. The smallest absolute Gasteiger partial charge is 0.239 e. The van der Waals surface area contributed by atoms with Crippen molar-refractivity contribution in [2.45, 2.75) is 13.8 Å². The Labute approximate surface area is 84.2 Å². The molecule has 0 fully saturated rings. The molecule has 0 aromatic heterocycles. The number of carbonyl (C=O) groups is 2. The Bertz CT molecular complexity index is 192. The van der Waals surface area contributed by atoms with Gasteiger partial charge >= 0.3 is 0 Å². The van der Waals surface area contributed by atoms with E-state index < -0.39 is 0 Å². The highest BCUT2D eigenvalue weighted by molar-refractivity contribution is 5.85. The number of rotatable bonds is 6. The lowest BCUT2D eigenvalue weighted by Gasteiger charge is -2.07. The van der Waals surface area contributed by atoms with Crippen molar-refractivity contribution in [2.75, 3.05) is 26.8 Å². The van der Waals surface area contributed by atoms with Crippen LogP contribution in [0.3, 0.4) is 0 Å². The zero-order chi connectivity index (χ0) is 11.0. The van der Waals surface area contributed by atoms with Gasteiger partial charge in [-0.1, -0.05) is 13.8 Å². The maximum Gasteiger partial charge on any atom is 0.239 e. The van der Waals surface area contributed by atoms with Crippen LogP contribution >= 0.6 is 0 Å². The molecule has 0 aromatic carbocycles. The van der Waals surface area contributed by atoms with Crippen LogP contribution in [0, 0.1) is 5.92 Å². The van der Waals surface area contributed by atoms with E-state index in [-0.39, 0.29) is 24.3 Å². The highest BCUT2D eigenvalue weighted by atomic mass is 16.5. The van der Waals surface area contributed by atoms with Gasteiger partial charge in [0.05, 0.1) is 13.2 Å². The van der Waals surface area contributed by atoms with Crippen LogP contribution < -0.4 is 10.6 Å². The second-order valence-corrected chi connectivity index (χ2v) is 3.22. The molecule has 0 aliphatic rings. The summed E-state index contributed by atoms with van der Waals surface area (Å²) in [6.45, 7) is 4.52. The number of methoxy groups -OCH3 is 1. The third kappa shape index (κ3) is 6.42. The minimum Gasteiger partial charge on any atom is -0.383 e. The Balaban J connectivity index is 3.49. The summed E-state index contributed by atoms with van der Waals surface area (Å²) in [5.41, 5.74) is 0. The minimum absolute atomic E-state index is 0.0285. The molecule has 0 radical (unpaired) electrons. The Kier molecular flexibility index (Phi) is 6.74. The Morgan fingerprint density at radius 1 is 1.29 bits per heavy atom. The minimum atomic E-state index is -0.198. The van der Waals surface area contributed by atoms with Crippen molar-refractivity contribution in [1.29, 1.82) is 0 Å². The van der Waals surface area contributed by atoms with E-state index in [9.17, 15) is 9.59 Å². The second kappa shape index (κ2) is 7.32.